The van der Waals surface area contributed by atoms with E-state index in [9.17, 15) is 13.2 Å². The molecule has 0 heterocycles. The molecule has 27 heavy (non-hydrogen) atoms. The van der Waals surface area contributed by atoms with E-state index in [-0.39, 0.29) is 11.8 Å². The van der Waals surface area contributed by atoms with Crippen LogP contribution in [0.25, 0.3) is 0 Å². The topological polar surface area (TPSA) is 21.3 Å². The highest BCUT2D eigenvalue weighted by Gasteiger charge is 2.37. The molecule has 0 saturated heterocycles. The number of benzene rings is 1. The Hall–Kier alpha value is -1.91. The first kappa shape index (κ1) is 19.8. The molecule has 1 fully saturated rings. The summed E-state index contributed by atoms with van der Waals surface area (Å²) in [7, 11) is 0. The number of nitrogens with one attached hydrogen (secondary N) is 1. The van der Waals surface area contributed by atoms with Crippen LogP contribution >= 0.6 is 0 Å². The number of hydrogen-bond donors (Lipinski definition) is 1. The molecule has 0 spiro atoms. The maximum atomic E-state index is 12.3. The summed E-state index contributed by atoms with van der Waals surface area (Å²) in [6.45, 7) is 7.03. The van der Waals surface area contributed by atoms with Crippen molar-refractivity contribution >= 4 is 5.69 Å². The van der Waals surface area contributed by atoms with Crippen LogP contribution in [-0.4, -0.2) is 12.4 Å². The highest BCUT2D eigenvalue weighted by molar-refractivity contribution is 5.48. The second-order valence-electron chi connectivity index (χ2n) is 8.76. The third-order valence-corrected chi connectivity index (χ3v) is 5.56. The van der Waals surface area contributed by atoms with Crippen LogP contribution in [0.15, 0.2) is 48.6 Å². The van der Waals surface area contributed by atoms with E-state index >= 15 is 0 Å². The molecule has 2 aliphatic carbocycles. The summed E-state index contributed by atoms with van der Waals surface area (Å²) < 4.78 is 40.9. The lowest BCUT2D eigenvalue weighted by Crippen LogP contribution is -2.38. The lowest BCUT2D eigenvalue weighted by molar-refractivity contribution is -0.274. The van der Waals surface area contributed by atoms with Gasteiger partial charge in [-0.05, 0) is 60.8 Å². The van der Waals surface area contributed by atoms with E-state index < -0.39 is 6.36 Å². The first-order chi connectivity index (χ1) is 12.6. The minimum Gasteiger partial charge on any atom is -0.406 e. The van der Waals surface area contributed by atoms with Gasteiger partial charge in [-0.25, -0.2) is 0 Å². The SMILES string of the molecule is C[C@@H]1C[C@H](C2C=CC=CC2Nc2ccc(OC(F)(F)F)cc2)CC(C)(C)C1. The van der Waals surface area contributed by atoms with Gasteiger partial charge < -0.3 is 10.1 Å². The predicted octanol–water partition coefficient (Wildman–Crippen LogP) is 6.57. The van der Waals surface area contributed by atoms with Crippen LogP contribution < -0.4 is 10.1 Å². The maximum Gasteiger partial charge on any atom is 0.573 e. The van der Waals surface area contributed by atoms with Crippen molar-refractivity contribution in [1.29, 1.82) is 0 Å². The number of anilines is 1. The van der Waals surface area contributed by atoms with Crippen molar-refractivity contribution in [2.75, 3.05) is 5.32 Å². The first-order valence-electron chi connectivity index (χ1n) is 9.59. The molecule has 2 unspecified atom stereocenters. The standard InChI is InChI=1S/C22H28F3NO/c1-15-12-16(14-21(2,3)13-15)19-6-4-5-7-20(19)26-17-8-10-18(11-9-17)27-22(23,24)25/h4-11,15-16,19-20,26H,12-14H2,1-3H3/t15-,16+,19?,20?/m1/s1. The van der Waals surface area contributed by atoms with E-state index in [1.165, 1.54) is 31.4 Å². The normalized spacial score (nSPS) is 30.1. The summed E-state index contributed by atoms with van der Waals surface area (Å²) >= 11 is 0. The average Bonchev–Trinajstić information content (AvgIpc) is 2.54. The molecule has 4 atom stereocenters. The smallest absolute Gasteiger partial charge is 0.406 e. The van der Waals surface area contributed by atoms with Crippen molar-refractivity contribution in [3.05, 3.63) is 48.6 Å². The summed E-state index contributed by atoms with van der Waals surface area (Å²) in [5.41, 5.74) is 1.14. The van der Waals surface area contributed by atoms with Gasteiger partial charge in [-0.3, -0.25) is 0 Å². The number of rotatable bonds is 4. The van der Waals surface area contributed by atoms with Gasteiger partial charge in [-0.1, -0.05) is 45.1 Å². The Kier molecular flexibility index (Phi) is 5.59. The highest BCUT2D eigenvalue weighted by Crippen LogP contribution is 2.46. The van der Waals surface area contributed by atoms with Gasteiger partial charge in [0.15, 0.2) is 0 Å². The Morgan fingerprint density at radius 3 is 2.33 bits per heavy atom. The molecular weight excluding hydrogens is 351 g/mol. The van der Waals surface area contributed by atoms with Crippen molar-refractivity contribution in [3.8, 4) is 5.75 Å². The predicted molar refractivity (Wildman–Crippen MR) is 103 cm³/mol. The van der Waals surface area contributed by atoms with Crippen LogP contribution in [0.4, 0.5) is 18.9 Å². The molecule has 2 nitrogen and oxygen atoms in total. The summed E-state index contributed by atoms with van der Waals surface area (Å²) in [6.07, 6.45) is 7.56. The van der Waals surface area contributed by atoms with E-state index in [2.05, 4.69) is 49.1 Å². The van der Waals surface area contributed by atoms with E-state index in [0.717, 1.165) is 5.69 Å². The van der Waals surface area contributed by atoms with Crippen LogP contribution in [0.3, 0.4) is 0 Å². The Bertz CT molecular complexity index is 691. The molecule has 0 amide bonds. The lowest BCUT2D eigenvalue weighted by atomic mass is 9.63. The molecule has 0 aromatic heterocycles. The van der Waals surface area contributed by atoms with E-state index in [1.807, 2.05) is 6.08 Å². The van der Waals surface area contributed by atoms with Gasteiger partial charge in [0.05, 0.1) is 6.04 Å². The maximum absolute atomic E-state index is 12.3. The molecule has 148 valence electrons. The van der Waals surface area contributed by atoms with Crippen molar-refractivity contribution in [2.45, 2.75) is 52.4 Å². The number of halogens is 3. The van der Waals surface area contributed by atoms with Gasteiger partial charge in [0.25, 0.3) is 0 Å². The second kappa shape index (κ2) is 7.61. The van der Waals surface area contributed by atoms with Crippen molar-refractivity contribution in [1.82, 2.24) is 0 Å². The van der Waals surface area contributed by atoms with Crippen LogP contribution in [0.2, 0.25) is 0 Å². The number of ether oxygens (including phenoxy) is 1. The summed E-state index contributed by atoms with van der Waals surface area (Å²) in [5, 5.41) is 3.49. The van der Waals surface area contributed by atoms with Crippen LogP contribution in [0.1, 0.15) is 40.0 Å². The molecule has 2 aliphatic rings. The third kappa shape index (κ3) is 5.53. The van der Waals surface area contributed by atoms with Gasteiger partial charge in [0.1, 0.15) is 5.75 Å². The summed E-state index contributed by atoms with van der Waals surface area (Å²) in [4.78, 5) is 0. The first-order valence-corrected chi connectivity index (χ1v) is 9.59. The van der Waals surface area contributed by atoms with Gasteiger partial charge in [0.2, 0.25) is 0 Å². The molecular formula is C22H28F3NO. The van der Waals surface area contributed by atoms with Crippen LogP contribution in [0, 0.1) is 23.2 Å². The van der Waals surface area contributed by atoms with Gasteiger partial charge >= 0.3 is 6.36 Å². The summed E-state index contributed by atoms with van der Waals surface area (Å²) in [5.74, 6) is 1.47. The van der Waals surface area contributed by atoms with E-state index in [1.54, 1.807) is 12.1 Å². The van der Waals surface area contributed by atoms with Crippen LogP contribution in [0.5, 0.6) is 5.75 Å². The summed E-state index contributed by atoms with van der Waals surface area (Å²) in [6, 6.07) is 6.10. The zero-order valence-corrected chi connectivity index (χ0v) is 16.1. The minimum absolute atomic E-state index is 0.135. The third-order valence-electron chi connectivity index (χ3n) is 5.56. The zero-order chi connectivity index (χ0) is 19.7. The molecule has 1 N–H and O–H groups in total. The molecule has 0 bridgehead atoms. The molecule has 3 rings (SSSR count). The number of hydrogen-bond acceptors (Lipinski definition) is 2. The Balaban J connectivity index is 1.69. The highest BCUT2D eigenvalue weighted by atomic mass is 19.4. The van der Waals surface area contributed by atoms with Crippen molar-refractivity contribution < 1.29 is 17.9 Å². The van der Waals surface area contributed by atoms with Crippen molar-refractivity contribution in [2.24, 2.45) is 23.2 Å². The molecule has 5 heteroatoms. The van der Waals surface area contributed by atoms with Gasteiger partial charge in [0, 0.05) is 11.6 Å². The largest absolute Gasteiger partial charge is 0.573 e. The van der Waals surface area contributed by atoms with E-state index in [0.29, 0.717) is 23.2 Å². The fourth-order valence-electron chi connectivity index (χ4n) is 4.88. The quantitative estimate of drug-likeness (QED) is 0.639. The lowest BCUT2D eigenvalue weighted by Gasteiger charge is -2.44. The fourth-order valence-corrected chi connectivity index (χ4v) is 4.88. The minimum atomic E-state index is -4.67. The van der Waals surface area contributed by atoms with Crippen molar-refractivity contribution in [3.63, 3.8) is 0 Å². The monoisotopic (exact) mass is 379 g/mol. The average molecular weight is 379 g/mol. The Morgan fingerprint density at radius 2 is 1.70 bits per heavy atom. The van der Waals surface area contributed by atoms with Crippen LogP contribution in [-0.2, 0) is 0 Å². The fraction of sp³-hybridized carbons (Fsp3) is 0.545. The second-order valence-corrected chi connectivity index (χ2v) is 8.76. The zero-order valence-electron chi connectivity index (χ0n) is 16.1. The Morgan fingerprint density at radius 1 is 1.04 bits per heavy atom. The molecule has 1 aromatic rings. The molecule has 0 radical (unpaired) electrons. The molecule has 1 aromatic carbocycles. The molecule has 1 saturated carbocycles. The Labute approximate surface area is 159 Å². The number of alkyl halides is 3. The van der Waals surface area contributed by atoms with Gasteiger partial charge in [-0.15, -0.1) is 13.2 Å². The molecule has 0 aliphatic heterocycles. The van der Waals surface area contributed by atoms with E-state index in [4.69, 9.17) is 0 Å². The van der Waals surface area contributed by atoms with Gasteiger partial charge in [-0.2, -0.15) is 0 Å². The number of allylic oxidation sites excluding steroid dienone is 2.